The molecular weight excluding hydrogens is 212 g/mol. The van der Waals surface area contributed by atoms with Crippen molar-refractivity contribution in [2.45, 2.75) is 12.5 Å². The van der Waals surface area contributed by atoms with Gasteiger partial charge in [0.25, 0.3) is 0 Å². The van der Waals surface area contributed by atoms with Gasteiger partial charge in [0.05, 0.1) is 18.2 Å². The topological polar surface area (TPSA) is 56.8 Å². The van der Waals surface area contributed by atoms with Crippen molar-refractivity contribution in [1.82, 2.24) is 0 Å². The van der Waals surface area contributed by atoms with Crippen molar-refractivity contribution in [1.29, 1.82) is 10.5 Å². The molecule has 3 nitrogen and oxygen atoms in total. The standard InChI is InChI=1S/C14H14N2O/c1-3-9-14(10-15,11-16)12-7-5-4-6-8-13(12)17-2/h3-8,13H,1,9H2,2H3. The number of nitriles is 2. The van der Waals surface area contributed by atoms with E-state index in [1.807, 2.05) is 18.2 Å². The molecule has 1 rings (SSSR count). The lowest BCUT2D eigenvalue weighted by atomic mass is 9.77. The van der Waals surface area contributed by atoms with Gasteiger partial charge in [-0.3, -0.25) is 0 Å². The number of allylic oxidation sites excluding steroid dienone is 5. The van der Waals surface area contributed by atoms with Gasteiger partial charge >= 0.3 is 0 Å². The highest BCUT2D eigenvalue weighted by Gasteiger charge is 2.37. The number of methoxy groups -OCH3 is 1. The minimum Gasteiger partial charge on any atom is -0.373 e. The number of ether oxygens (including phenoxy) is 1. The summed E-state index contributed by atoms with van der Waals surface area (Å²) in [5, 5.41) is 18.6. The van der Waals surface area contributed by atoms with E-state index in [1.165, 1.54) is 0 Å². The van der Waals surface area contributed by atoms with Crippen LogP contribution in [0, 0.1) is 28.1 Å². The summed E-state index contributed by atoms with van der Waals surface area (Å²) in [6, 6.07) is 4.16. The summed E-state index contributed by atoms with van der Waals surface area (Å²) < 4.78 is 5.31. The third kappa shape index (κ3) is 2.53. The SMILES string of the molecule is C=CCC(C#N)(C#N)C1=CC=CC=CC1OC. The lowest BCUT2D eigenvalue weighted by Gasteiger charge is -2.25. The molecule has 0 aromatic rings. The summed E-state index contributed by atoms with van der Waals surface area (Å²) in [5.41, 5.74) is -0.559. The Balaban J connectivity index is 3.27. The van der Waals surface area contributed by atoms with Gasteiger partial charge < -0.3 is 4.74 Å². The Morgan fingerprint density at radius 3 is 2.65 bits per heavy atom. The smallest absolute Gasteiger partial charge is 0.171 e. The molecule has 1 unspecified atom stereocenters. The molecule has 0 aliphatic heterocycles. The molecule has 0 spiro atoms. The zero-order valence-electron chi connectivity index (χ0n) is 9.76. The quantitative estimate of drug-likeness (QED) is 0.692. The van der Waals surface area contributed by atoms with Crippen molar-refractivity contribution in [2.75, 3.05) is 7.11 Å². The molecule has 17 heavy (non-hydrogen) atoms. The van der Waals surface area contributed by atoms with Crippen molar-refractivity contribution < 1.29 is 4.74 Å². The second kappa shape index (κ2) is 5.84. The Kier molecular flexibility index (Phi) is 4.46. The number of hydrogen-bond acceptors (Lipinski definition) is 3. The van der Waals surface area contributed by atoms with Crippen LogP contribution in [0.4, 0.5) is 0 Å². The van der Waals surface area contributed by atoms with E-state index in [9.17, 15) is 10.5 Å². The van der Waals surface area contributed by atoms with Crippen LogP contribution in [-0.2, 0) is 4.74 Å². The van der Waals surface area contributed by atoms with Crippen molar-refractivity contribution >= 4 is 0 Å². The van der Waals surface area contributed by atoms with E-state index >= 15 is 0 Å². The second-order valence-corrected chi connectivity index (χ2v) is 3.67. The van der Waals surface area contributed by atoms with Crippen LogP contribution in [0.2, 0.25) is 0 Å². The highest BCUT2D eigenvalue weighted by molar-refractivity contribution is 5.42. The van der Waals surface area contributed by atoms with Crippen LogP contribution in [0.1, 0.15) is 6.42 Å². The minimum absolute atomic E-state index is 0.285. The Bertz CT molecular complexity index is 444. The van der Waals surface area contributed by atoms with Gasteiger partial charge in [0, 0.05) is 13.5 Å². The summed E-state index contributed by atoms with van der Waals surface area (Å²) in [7, 11) is 1.56. The number of nitrogens with zero attached hydrogens (tertiary/aromatic N) is 2. The van der Waals surface area contributed by atoms with E-state index < -0.39 is 5.41 Å². The predicted molar refractivity (Wildman–Crippen MR) is 65.6 cm³/mol. The minimum atomic E-state index is -1.21. The molecular formula is C14H14N2O. The Labute approximate surface area is 102 Å². The maximum Gasteiger partial charge on any atom is 0.171 e. The fraction of sp³-hybridized carbons (Fsp3) is 0.286. The maximum atomic E-state index is 9.30. The normalized spacial score (nSPS) is 18.8. The first-order valence-corrected chi connectivity index (χ1v) is 5.26. The molecule has 86 valence electrons. The maximum absolute atomic E-state index is 9.30. The third-order valence-corrected chi connectivity index (χ3v) is 2.67. The Morgan fingerprint density at radius 2 is 2.12 bits per heavy atom. The fourth-order valence-corrected chi connectivity index (χ4v) is 1.76. The van der Waals surface area contributed by atoms with Crippen molar-refractivity contribution in [3.05, 3.63) is 48.6 Å². The number of rotatable bonds is 4. The molecule has 0 saturated carbocycles. The highest BCUT2D eigenvalue weighted by Crippen LogP contribution is 2.35. The molecule has 0 fully saturated rings. The van der Waals surface area contributed by atoms with Gasteiger partial charge in [-0.05, 0) is 5.57 Å². The van der Waals surface area contributed by atoms with Gasteiger partial charge in [-0.2, -0.15) is 10.5 Å². The molecule has 0 aromatic carbocycles. The predicted octanol–water partition coefficient (Wildman–Crippen LogP) is 2.66. The lowest BCUT2D eigenvalue weighted by molar-refractivity contribution is 0.157. The molecule has 0 amide bonds. The van der Waals surface area contributed by atoms with E-state index in [4.69, 9.17) is 4.74 Å². The monoisotopic (exact) mass is 226 g/mol. The van der Waals surface area contributed by atoms with E-state index in [-0.39, 0.29) is 12.5 Å². The molecule has 1 aliphatic rings. The van der Waals surface area contributed by atoms with E-state index in [1.54, 1.807) is 25.3 Å². The van der Waals surface area contributed by atoms with Gasteiger partial charge in [-0.25, -0.2) is 0 Å². The van der Waals surface area contributed by atoms with Crippen LogP contribution in [0.25, 0.3) is 0 Å². The van der Waals surface area contributed by atoms with E-state index in [2.05, 4.69) is 18.7 Å². The van der Waals surface area contributed by atoms with Crippen LogP contribution < -0.4 is 0 Å². The van der Waals surface area contributed by atoms with Crippen LogP contribution in [-0.4, -0.2) is 13.2 Å². The highest BCUT2D eigenvalue weighted by atomic mass is 16.5. The Morgan fingerprint density at radius 1 is 1.41 bits per heavy atom. The molecule has 0 saturated heterocycles. The van der Waals surface area contributed by atoms with Crippen molar-refractivity contribution in [3.8, 4) is 12.1 Å². The van der Waals surface area contributed by atoms with Crippen LogP contribution >= 0.6 is 0 Å². The fourth-order valence-electron chi connectivity index (χ4n) is 1.76. The largest absolute Gasteiger partial charge is 0.373 e. The summed E-state index contributed by atoms with van der Waals surface area (Å²) in [4.78, 5) is 0. The second-order valence-electron chi connectivity index (χ2n) is 3.67. The number of hydrogen-bond donors (Lipinski definition) is 0. The first kappa shape index (κ1) is 13.0. The van der Waals surface area contributed by atoms with Gasteiger partial charge in [0.2, 0.25) is 0 Å². The average Bonchev–Trinajstić information content (AvgIpc) is 2.61. The molecule has 1 aliphatic carbocycles. The summed E-state index contributed by atoms with van der Waals surface area (Å²) in [5.74, 6) is 0. The van der Waals surface area contributed by atoms with Gasteiger partial charge in [-0.1, -0.05) is 36.5 Å². The molecule has 0 bridgehead atoms. The summed E-state index contributed by atoms with van der Waals surface area (Å²) in [6.07, 6.45) is 10.6. The van der Waals surface area contributed by atoms with Crippen LogP contribution in [0.15, 0.2) is 48.6 Å². The molecule has 1 atom stereocenters. The van der Waals surface area contributed by atoms with Crippen LogP contribution in [0.5, 0.6) is 0 Å². The molecule has 0 radical (unpaired) electrons. The third-order valence-electron chi connectivity index (χ3n) is 2.67. The first-order chi connectivity index (χ1) is 8.24. The molecule has 0 aromatic heterocycles. The Hall–Kier alpha value is -2.10. The van der Waals surface area contributed by atoms with E-state index in [0.29, 0.717) is 5.57 Å². The van der Waals surface area contributed by atoms with Crippen molar-refractivity contribution in [2.24, 2.45) is 5.41 Å². The zero-order chi connectivity index (χ0) is 12.7. The molecule has 3 heteroatoms. The van der Waals surface area contributed by atoms with Gasteiger partial charge in [-0.15, -0.1) is 6.58 Å². The van der Waals surface area contributed by atoms with Crippen molar-refractivity contribution in [3.63, 3.8) is 0 Å². The van der Waals surface area contributed by atoms with Gasteiger partial charge in [0.15, 0.2) is 5.41 Å². The summed E-state index contributed by atoms with van der Waals surface area (Å²) in [6.45, 7) is 3.60. The van der Waals surface area contributed by atoms with Gasteiger partial charge in [0.1, 0.15) is 0 Å². The summed E-state index contributed by atoms with van der Waals surface area (Å²) >= 11 is 0. The first-order valence-electron chi connectivity index (χ1n) is 5.26. The van der Waals surface area contributed by atoms with Crippen LogP contribution in [0.3, 0.4) is 0 Å². The lowest BCUT2D eigenvalue weighted by Crippen LogP contribution is -2.27. The van der Waals surface area contributed by atoms with E-state index in [0.717, 1.165) is 0 Å². The molecule has 0 heterocycles. The average molecular weight is 226 g/mol. The molecule has 0 N–H and O–H groups in total. The zero-order valence-corrected chi connectivity index (χ0v) is 9.76.